The maximum Gasteiger partial charge on any atom is 0.222 e. The molecule has 20 heavy (non-hydrogen) atoms. The molecule has 1 rings (SSSR count). The Kier molecular flexibility index (Phi) is 9.59. The summed E-state index contributed by atoms with van der Waals surface area (Å²) >= 11 is 0. The molecule has 1 saturated carbocycles. The molecule has 0 heterocycles. The smallest absolute Gasteiger partial charge is 0.222 e. The lowest BCUT2D eigenvalue weighted by molar-refractivity contribution is -0.129. The number of rotatable bonds is 6. The van der Waals surface area contributed by atoms with Gasteiger partial charge in [0.2, 0.25) is 11.8 Å². The Balaban J connectivity index is 0.00000361. The molecule has 3 N–H and O–H groups in total. The quantitative estimate of drug-likeness (QED) is 0.776. The van der Waals surface area contributed by atoms with Crippen LogP contribution in [0.4, 0.5) is 0 Å². The summed E-state index contributed by atoms with van der Waals surface area (Å²) in [5.74, 6) is 0.545. The summed E-state index contributed by atoms with van der Waals surface area (Å²) in [7, 11) is 3.46. The summed E-state index contributed by atoms with van der Waals surface area (Å²) in [5.41, 5.74) is 5.74. The molecular weight excluding hydrogens is 278 g/mol. The summed E-state index contributed by atoms with van der Waals surface area (Å²) in [6.45, 7) is 0.643. The van der Waals surface area contributed by atoms with Crippen LogP contribution in [0, 0.1) is 5.92 Å². The van der Waals surface area contributed by atoms with Crippen LogP contribution in [0.3, 0.4) is 0 Å². The summed E-state index contributed by atoms with van der Waals surface area (Å²) in [5, 5.41) is 3.08. The van der Waals surface area contributed by atoms with E-state index >= 15 is 0 Å². The highest BCUT2D eigenvalue weighted by molar-refractivity contribution is 5.85. The van der Waals surface area contributed by atoms with Gasteiger partial charge in [0.25, 0.3) is 0 Å². The molecule has 0 aromatic carbocycles. The van der Waals surface area contributed by atoms with Crippen molar-refractivity contribution in [3.05, 3.63) is 0 Å². The maximum atomic E-state index is 11.8. The SMILES string of the molecule is CN(C)C(=O)CCCC(=O)NC1CCCCC1CN.Cl. The van der Waals surface area contributed by atoms with Crippen LogP contribution in [0.15, 0.2) is 0 Å². The zero-order valence-electron chi connectivity index (χ0n) is 12.6. The van der Waals surface area contributed by atoms with E-state index in [0.717, 1.165) is 12.8 Å². The minimum atomic E-state index is 0. The van der Waals surface area contributed by atoms with Crippen LogP contribution in [0.5, 0.6) is 0 Å². The van der Waals surface area contributed by atoms with Crippen molar-refractivity contribution in [2.75, 3.05) is 20.6 Å². The van der Waals surface area contributed by atoms with Gasteiger partial charge in [-0.05, 0) is 31.7 Å². The van der Waals surface area contributed by atoms with Crippen LogP contribution in [0.25, 0.3) is 0 Å². The van der Waals surface area contributed by atoms with Crippen molar-refractivity contribution in [2.24, 2.45) is 11.7 Å². The molecule has 0 saturated heterocycles. The monoisotopic (exact) mass is 305 g/mol. The van der Waals surface area contributed by atoms with E-state index < -0.39 is 0 Å². The Morgan fingerprint density at radius 1 is 1.20 bits per heavy atom. The van der Waals surface area contributed by atoms with E-state index in [-0.39, 0.29) is 30.3 Å². The molecule has 0 aliphatic heterocycles. The molecule has 1 aliphatic rings. The van der Waals surface area contributed by atoms with Gasteiger partial charge in [0.15, 0.2) is 0 Å². The van der Waals surface area contributed by atoms with Gasteiger partial charge in [-0.3, -0.25) is 9.59 Å². The third-order valence-corrected chi connectivity index (χ3v) is 3.85. The van der Waals surface area contributed by atoms with Gasteiger partial charge >= 0.3 is 0 Å². The Hall–Kier alpha value is -0.810. The first kappa shape index (κ1) is 19.2. The second-order valence-corrected chi connectivity index (χ2v) is 5.60. The van der Waals surface area contributed by atoms with E-state index in [0.29, 0.717) is 31.7 Å². The van der Waals surface area contributed by atoms with Crippen molar-refractivity contribution in [3.63, 3.8) is 0 Å². The van der Waals surface area contributed by atoms with Gasteiger partial charge < -0.3 is 16.0 Å². The topological polar surface area (TPSA) is 75.4 Å². The summed E-state index contributed by atoms with van der Waals surface area (Å²) in [4.78, 5) is 24.8. The fraction of sp³-hybridized carbons (Fsp3) is 0.857. The van der Waals surface area contributed by atoms with Gasteiger partial charge in [-0.2, -0.15) is 0 Å². The van der Waals surface area contributed by atoms with Crippen LogP contribution in [-0.2, 0) is 9.59 Å². The number of hydrogen-bond donors (Lipinski definition) is 2. The first-order chi connectivity index (χ1) is 9.04. The van der Waals surface area contributed by atoms with Crippen LogP contribution in [0.2, 0.25) is 0 Å². The van der Waals surface area contributed by atoms with E-state index in [9.17, 15) is 9.59 Å². The van der Waals surface area contributed by atoms with Gasteiger partial charge in [0.1, 0.15) is 0 Å². The molecule has 6 heteroatoms. The molecule has 0 bridgehead atoms. The second-order valence-electron chi connectivity index (χ2n) is 5.60. The summed E-state index contributed by atoms with van der Waals surface area (Å²) in [6.07, 6.45) is 6.00. The van der Waals surface area contributed by atoms with Gasteiger partial charge in [0.05, 0.1) is 0 Å². The number of nitrogens with two attached hydrogens (primary N) is 1. The zero-order chi connectivity index (χ0) is 14.3. The molecule has 2 unspecified atom stereocenters. The maximum absolute atomic E-state index is 11.8. The number of carbonyl (C=O) groups is 2. The number of nitrogens with zero attached hydrogens (tertiary/aromatic N) is 1. The average molecular weight is 306 g/mol. The first-order valence-electron chi connectivity index (χ1n) is 7.24. The molecule has 2 amide bonds. The molecule has 1 aliphatic carbocycles. The fourth-order valence-electron chi connectivity index (χ4n) is 2.58. The van der Waals surface area contributed by atoms with Crippen molar-refractivity contribution in [2.45, 2.75) is 51.0 Å². The summed E-state index contributed by atoms with van der Waals surface area (Å²) in [6, 6.07) is 0.232. The van der Waals surface area contributed by atoms with E-state index in [1.165, 1.54) is 12.8 Å². The molecule has 0 aromatic heterocycles. The van der Waals surface area contributed by atoms with Gasteiger partial charge in [0, 0.05) is 33.0 Å². The highest BCUT2D eigenvalue weighted by Crippen LogP contribution is 2.23. The largest absolute Gasteiger partial charge is 0.353 e. The van der Waals surface area contributed by atoms with Crippen LogP contribution in [0.1, 0.15) is 44.9 Å². The van der Waals surface area contributed by atoms with Crippen molar-refractivity contribution in [1.82, 2.24) is 10.2 Å². The molecule has 5 nitrogen and oxygen atoms in total. The third kappa shape index (κ3) is 6.57. The standard InChI is InChI=1S/C14H27N3O2.ClH/c1-17(2)14(19)9-5-8-13(18)16-12-7-4-3-6-11(12)10-15;/h11-12H,3-10,15H2,1-2H3,(H,16,18);1H. The Bertz CT molecular complexity index is 311. The van der Waals surface area contributed by atoms with Crippen LogP contribution >= 0.6 is 12.4 Å². The number of amides is 2. The number of carbonyl (C=O) groups excluding carboxylic acids is 2. The number of nitrogens with one attached hydrogen (secondary N) is 1. The normalized spacial score (nSPS) is 21.8. The van der Waals surface area contributed by atoms with Crippen LogP contribution < -0.4 is 11.1 Å². The zero-order valence-corrected chi connectivity index (χ0v) is 13.4. The van der Waals surface area contributed by atoms with E-state index in [4.69, 9.17) is 5.73 Å². The molecular formula is C14H28ClN3O2. The van der Waals surface area contributed by atoms with Crippen molar-refractivity contribution in [1.29, 1.82) is 0 Å². The Morgan fingerprint density at radius 3 is 2.45 bits per heavy atom. The van der Waals surface area contributed by atoms with Crippen molar-refractivity contribution >= 4 is 24.2 Å². The number of hydrogen-bond acceptors (Lipinski definition) is 3. The second kappa shape index (κ2) is 10.00. The lowest BCUT2D eigenvalue weighted by atomic mass is 9.84. The molecule has 0 aromatic rings. The highest BCUT2D eigenvalue weighted by atomic mass is 35.5. The minimum Gasteiger partial charge on any atom is -0.353 e. The fourth-order valence-corrected chi connectivity index (χ4v) is 2.58. The third-order valence-electron chi connectivity index (χ3n) is 3.85. The highest BCUT2D eigenvalue weighted by Gasteiger charge is 2.25. The summed E-state index contributed by atoms with van der Waals surface area (Å²) < 4.78 is 0. The van der Waals surface area contributed by atoms with E-state index in [1.54, 1.807) is 19.0 Å². The lowest BCUT2D eigenvalue weighted by Gasteiger charge is -2.31. The average Bonchev–Trinajstić information content (AvgIpc) is 2.39. The van der Waals surface area contributed by atoms with E-state index in [2.05, 4.69) is 5.32 Å². The molecule has 0 radical (unpaired) electrons. The predicted octanol–water partition coefficient (Wildman–Crippen LogP) is 1.30. The molecule has 1 fully saturated rings. The van der Waals surface area contributed by atoms with Crippen molar-refractivity contribution < 1.29 is 9.59 Å². The predicted molar refractivity (Wildman–Crippen MR) is 82.7 cm³/mol. The molecule has 0 spiro atoms. The minimum absolute atomic E-state index is 0. The van der Waals surface area contributed by atoms with Crippen molar-refractivity contribution in [3.8, 4) is 0 Å². The Labute approximate surface area is 128 Å². The first-order valence-corrected chi connectivity index (χ1v) is 7.24. The van der Waals surface area contributed by atoms with Gasteiger partial charge in [-0.15, -0.1) is 12.4 Å². The van der Waals surface area contributed by atoms with Gasteiger partial charge in [-0.1, -0.05) is 12.8 Å². The number of halogens is 1. The molecule has 118 valence electrons. The molecule has 2 atom stereocenters. The lowest BCUT2D eigenvalue weighted by Crippen LogP contribution is -2.44. The van der Waals surface area contributed by atoms with E-state index in [1.807, 2.05) is 0 Å². The van der Waals surface area contributed by atoms with Gasteiger partial charge in [-0.25, -0.2) is 0 Å². The van der Waals surface area contributed by atoms with Crippen LogP contribution in [-0.4, -0.2) is 43.4 Å². The Morgan fingerprint density at radius 2 is 1.85 bits per heavy atom.